The third kappa shape index (κ3) is 2.50. The highest BCUT2D eigenvalue weighted by molar-refractivity contribution is 5.83. The zero-order valence-corrected chi connectivity index (χ0v) is 14.2. The molecular formula is C17H21N5O2. The van der Waals surface area contributed by atoms with Crippen LogP contribution in [0.4, 0.5) is 5.69 Å². The standard InChI is InChI=1S/C17H21N5O2/c1-4-20(5-2)10-11-21-14-9-7-6-8-13(14)17(23)22-16(21)15(19-24)12(3)18-22/h6-9H,4-5,10-11H2,1-3H3. The maximum absolute atomic E-state index is 12.7. The van der Waals surface area contributed by atoms with E-state index in [1.807, 2.05) is 22.8 Å². The van der Waals surface area contributed by atoms with Gasteiger partial charge in [-0.15, -0.1) is 4.91 Å². The SMILES string of the molecule is CCN(CC)CCn1c2ccccc2c(=O)n2nc(C)c(N=O)c12. The second kappa shape index (κ2) is 6.52. The molecular weight excluding hydrogens is 306 g/mol. The van der Waals surface area contributed by atoms with Gasteiger partial charge in [-0.25, -0.2) is 0 Å². The molecule has 0 spiro atoms. The highest BCUT2D eigenvalue weighted by Gasteiger charge is 2.19. The lowest BCUT2D eigenvalue weighted by Gasteiger charge is -2.20. The van der Waals surface area contributed by atoms with Gasteiger partial charge in [0.25, 0.3) is 5.56 Å². The van der Waals surface area contributed by atoms with Gasteiger partial charge < -0.3 is 9.47 Å². The Balaban J connectivity index is 2.31. The van der Waals surface area contributed by atoms with Crippen LogP contribution in [0.2, 0.25) is 0 Å². The molecule has 1 aromatic carbocycles. The highest BCUT2D eigenvalue weighted by Crippen LogP contribution is 2.26. The van der Waals surface area contributed by atoms with Crippen LogP contribution in [-0.2, 0) is 6.54 Å². The summed E-state index contributed by atoms with van der Waals surface area (Å²) in [5.74, 6) is 0. The van der Waals surface area contributed by atoms with E-state index in [0.717, 1.165) is 25.2 Å². The minimum absolute atomic E-state index is 0.224. The molecule has 126 valence electrons. The molecule has 0 atom stereocenters. The molecule has 0 aliphatic carbocycles. The highest BCUT2D eigenvalue weighted by atomic mass is 16.3. The van der Waals surface area contributed by atoms with Crippen LogP contribution in [0.25, 0.3) is 16.6 Å². The van der Waals surface area contributed by atoms with E-state index in [4.69, 9.17) is 0 Å². The van der Waals surface area contributed by atoms with Crippen molar-refractivity contribution in [1.82, 2.24) is 19.1 Å². The van der Waals surface area contributed by atoms with Crippen molar-refractivity contribution in [2.24, 2.45) is 5.18 Å². The first-order valence-corrected chi connectivity index (χ1v) is 8.18. The van der Waals surface area contributed by atoms with Crippen molar-refractivity contribution < 1.29 is 0 Å². The molecule has 0 aliphatic heterocycles. The second-order valence-corrected chi connectivity index (χ2v) is 5.76. The Kier molecular flexibility index (Phi) is 4.44. The zero-order chi connectivity index (χ0) is 17.3. The fourth-order valence-electron chi connectivity index (χ4n) is 3.12. The number of hydrogen-bond acceptors (Lipinski definition) is 5. The van der Waals surface area contributed by atoms with Crippen LogP contribution in [-0.4, -0.2) is 38.7 Å². The van der Waals surface area contributed by atoms with Crippen LogP contribution in [0, 0.1) is 11.8 Å². The summed E-state index contributed by atoms with van der Waals surface area (Å²) in [7, 11) is 0. The molecule has 0 radical (unpaired) electrons. The molecule has 3 rings (SSSR count). The molecule has 0 unspecified atom stereocenters. The Bertz CT molecular complexity index is 953. The van der Waals surface area contributed by atoms with Crippen LogP contribution < -0.4 is 5.56 Å². The summed E-state index contributed by atoms with van der Waals surface area (Å²) in [4.78, 5) is 26.3. The molecule has 0 saturated carbocycles. The summed E-state index contributed by atoms with van der Waals surface area (Å²) in [6.07, 6.45) is 0. The Labute approximate surface area is 139 Å². The number of nitroso groups, excluding NO2 is 1. The van der Waals surface area contributed by atoms with Crippen LogP contribution in [0.5, 0.6) is 0 Å². The van der Waals surface area contributed by atoms with Crippen molar-refractivity contribution in [2.75, 3.05) is 19.6 Å². The Morgan fingerprint density at radius 2 is 1.92 bits per heavy atom. The lowest BCUT2D eigenvalue weighted by atomic mass is 10.2. The van der Waals surface area contributed by atoms with E-state index in [9.17, 15) is 9.70 Å². The Hall–Kier alpha value is -2.54. The van der Waals surface area contributed by atoms with Gasteiger partial charge in [0.2, 0.25) is 0 Å². The van der Waals surface area contributed by atoms with Crippen LogP contribution in [0.3, 0.4) is 0 Å². The van der Waals surface area contributed by atoms with Gasteiger partial charge in [0.05, 0.1) is 16.6 Å². The quantitative estimate of drug-likeness (QED) is 0.653. The van der Waals surface area contributed by atoms with Crippen LogP contribution in [0.1, 0.15) is 19.5 Å². The Morgan fingerprint density at radius 1 is 1.21 bits per heavy atom. The monoisotopic (exact) mass is 327 g/mol. The summed E-state index contributed by atoms with van der Waals surface area (Å²) < 4.78 is 3.28. The molecule has 24 heavy (non-hydrogen) atoms. The third-order valence-electron chi connectivity index (χ3n) is 4.50. The van der Waals surface area contributed by atoms with Crippen molar-refractivity contribution in [1.29, 1.82) is 0 Å². The number of hydrogen-bond donors (Lipinski definition) is 0. The van der Waals surface area contributed by atoms with E-state index in [1.54, 1.807) is 13.0 Å². The number of nitrogens with zero attached hydrogens (tertiary/aromatic N) is 5. The number of benzene rings is 1. The van der Waals surface area contributed by atoms with Gasteiger partial charge in [-0.05, 0) is 37.3 Å². The largest absolute Gasteiger partial charge is 0.322 e. The van der Waals surface area contributed by atoms with E-state index in [2.05, 4.69) is 29.0 Å². The van der Waals surface area contributed by atoms with Gasteiger partial charge in [0, 0.05) is 13.1 Å². The average molecular weight is 327 g/mol. The number of fused-ring (bicyclic) bond motifs is 2. The lowest BCUT2D eigenvalue weighted by Crippen LogP contribution is -2.28. The molecule has 2 aromatic heterocycles. The number of para-hydroxylation sites is 1. The fourth-order valence-corrected chi connectivity index (χ4v) is 3.12. The topological polar surface area (TPSA) is 72.0 Å². The summed E-state index contributed by atoms with van der Waals surface area (Å²) in [5.41, 5.74) is 1.74. The average Bonchev–Trinajstić information content (AvgIpc) is 2.94. The molecule has 0 amide bonds. The van der Waals surface area contributed by atoms with Gasteiger partial charge in [0.1, 0.15) is 0 Å². The second-order valence-electron chi connectivity index (χ2n) is 5.76. The predicted molar refractivity (Wildman–Crippen MR) is 94.9 cm³/mol. The maximum Gasteiger partial charge on any atom is 0.282 e. The van der Waals surface area contributed by atoms with Gasteiger partial charge in [-0.2, -0.15) is 9.61 Å². The van der Waals surface area contributed by atoms with Gasteiger partial charge in [-0.3, -0.25) is 4.79 Å². The number of likely N-dealkylation sites (N-methyl/N-ethyl adjacent to an activating group) is 1. The Morgan fingerprint density at radius 3 is 2.58 bits per heavy atom. The predicted octanol–water partition coefficient (Wildman–Crippen LogP) is 2.70. The molecule has 0 bridgehead atoms. The van der Waals surface area contributed by atoms with Gasteiger partial charge in [-0.1, -0.05) is 26.0 Å². The zero-order valence-electron chi connectivity index (χ0n) is 14.2. The molecule has 7 nitrogen and oxygen atoms in total. The van der Waals surface area contributed by atoms with Crippen LogP contribution >= 0.6 is 0 Å². The normalized spacial score (nSPS) is 11.7. The minimum atomic E-state index is -0.224. The van der Waals surface area contributed by atoms with Crippen molar-refractivity contribution in [3.8, 4) is 0 Å². The first kappa shape index (κ1) is 16.3. The minimum Gasteiger partial charge on any atom is -0.322 e. The summed E-state index contributed by atoms with van der Waals surface area (Å²) >= 11 is 0. The van der Waals surface area contributed by atoms with E-state index in [-0.39, 0.29) is 11.2 Å². The van der Waals surface area contributed by atoms with Crippen molar-refractivity contribution in [3.05, 3.63) is 45.2 Å². The van der Waals surface area contributed by atoms with E-state index in [0.29, 0.717) is 23.3 Å². The van der Waals surface area contributed by atoms with Crippen molar-refractivity contribution in [3.63, 3.8) is 0 Å². The molecule has 0 aliphatic rings. The number of aromatic nitrogens is 3. The number of aryl methyl sites for hydroxylation is 1. The van der Waals surface area contributed by atoms with Crippen LogP contribution in [0.15, 0.2) is 34.2 Å². The molecule has 0 N–H and O–H groups in total. The van der Waals surface area contributed by atoms with E-state index in [1.165, 1.54) is 4.52 Å². The van der Waals surface area contributed by atoms with Crippen molar-refractivity contribution >= 4 is 22.2 Å². The van der Waals surface area contributed by atoms with E-state index < -0.39 is 0 Å². The fraction of sp³-hybridized carbons (Fsp3) is 0.412. The molecule has 0 saturated heterocycles. The third-order valence-corrected chi connectivity index (χ3v) is 4.50. The van der Waals surface area contributed by atoms with Gasteiger partial charge >= 0.3 is 0 Å². The molecule has 7 heteroatoms. The lowest BCUT2D eigenvalue weighted by molar-refractivity contribution is 0.293. The smallest absolute Gasteiger partial charge is 0.282 e. The van der Waals surface area contributed by atoms with Gasteiger partial charge in [0.15, 0.2) is 11.3 Å². The summed E-state index contributed by atoms with van der Waals surface area (Å²) in [6, 6.07) is 7.41. The van der Waals surface area contributed by atoms with Crippen molar-refractivity contribution in [2.45, 2.75) is 27.3 Å². The molecule has 3 aromatic rings. The molecule has 0 fully saturated rings. The number of rotatable bonds is 6. The summed E-state index contributed by atoms with van der Waals surface area (Å²) in [6.45, 7) is 9.29. The molecule has 2 heterocycles. The first-order valence-electron chi connectivity index (χ1n) is 8.18. The first-order chi connectivity index (χ1) is 11.6. The van der Waals surface area contributed by atoms with E-state index >= 15 is 0 Å². The summed E-state index contributed by atoms with van der Waals surface area (Å²) in [5, 5.41) is 7.95. The maximum atomic E-state index is 12.7.